The van der Waals surface area contributed by atoms with Crippen LogP contribution in [0, 0.1) is 0 Å². The fraction of sp³-hybridized carbons (Fsp3) is 0.400. The van der Waals surface area contributed by atoms with Gasteiger partial charge in [0, 0.05) is 5.56 Å². The van der Waals surface area contributed by atoms with E-state index in [1.54, 1.807) is 21.1 Å². The highest BCUT2D eigenvalue weighted by molar-refractivity contribution is 5.80. The van der Waals surface area contributed by atoms with Crippen LogP contribution in [0.15, 0.2) is 30.9 Å². The summed E-state index contributed by atoms with van der Waals surface area (Å²) in [6.45, 7) is 3.66. The minimum atomic E-state index is -0.443. The summed E-state index contributed by atoms with van der Waals surface area (Å²) in [6, 6.07) is 4.81. The minimum absolute atomic E-state index is 0.150. The molecule has 0 fully saturated rings. The van der Waals surface area contributed by atoms with Gasteiger partial charge in [0.1, 0.15) is 30.2 Å². The van der Waals surface area contributed by atoms with Gasteiger partial charge in [0.05, 0.1) is 20.3 Å². The molecule has 22 heavy (non-hydrogen) atoms. The monoisotopic (exact) mass is 304 g/mol. The van der Waals surface area contributed by atoms with Crippen molar-refractivity contribution in [1.29, 1.82) is 0 Å². The smallest absolute Gasteiger partial charge is 0.245 e. The molecule has 1 aromatic heterocycles. The van der Waals surface area contributed by atoms with Crippen LogP contribution < -0.4 is 14.8 Å². The molecule has 0 aliphatic carbocycles. The summed E-state index contributed by atoms with van der Waals surface area (Å²) in [4.78, 5) is 16.2. The Morgan fingerprint density at radius 3 is 2.64 bits per heavy atom. The molecule has 2 rings (SSSR count). The first-order chi connectivity index (χ1) is 10.6. The Morgan fingerprint density at radius 2 is 2.05 bits per heavy atom. The highest BCUT2D eigenvalue weighted by atomic mass is 16.5. The molecule has 2 aromatic rings. The molecule has 0 aliphatic rings. The Bertz CT molecular complexity index is 628. The van der Waals surface area contributed by atoms with E-state index < -0.39 is 6.04 Å². The average molecular weight is 304 g/mol. The Morgan fingerprint density at radius 1 is 1.27 bits per heavy atom. The average Bonchev–Trinajstić information content (AvgIpc) is 3.07. The number of nitrogens with one attached hydrogen (secondary N) is 1. The number of amides is 1. The van der Waals surface area contributed by atoms with Crippen molar-refractivity contribution in [2.24, 2.45) is 0 Å². The van der Waals surface area contributed by atoms with Crippen molar-refractivity contribution in [2.45, 2.75) is 25.9 Å². The molecule has 0 saturated heterocycles. The van der Waals surface area contributed by atoms with Gasteiger partial charge in [-0.05, 0) is 32.0 Å². The van der Waals surface area contributed by atoms with Crippen LogP contribution in [0.5, 0.6) is 11.5 Å². The fourth-order valence-electron chi connectivity index (χ4n) is 2.13. The number of hydrogen-bond acceptors (Lipinski definition) is 5. The Hall–Kier alpha value is -2.57. The highest BCUT2D eigenvalue weighted by Gasteiger charge is 2.20. The topological polar surface area (TPSA) is 78.3 Å². The lowest BCUT2D eigenvalue weighted by Crippen LogP contribution is -2.33. The summed E-state index contributed by atoms with van der Waals surface area (Å²) in [5.74, 6) is 1.26. The molecule has 1 heterocycles. The van der Waals surface area contributed by atoms with Gasteiger partial charge in [0.2, 0.25) is 5.91 Å². The molecule has 1 aromatic carbocycles. The summed E-state index contributed by atoms with van der Waals surface area (Å²) in [6.07, 6.45) is 2.92. The molecule has 0 spiro atoms. The van der Waals surface area contributed by atoms with Gasteiger partial charge in [-0.2, -0.15) is 5.10 Å². The first-order valence-electron chi connectivity index (χ1n) is 6.93. The van der Waals surface area contributed by atoms with Crippen molar-refractivity contribution >= 4 is 5.91 Å². The van der Waals surface area contributed by atoms with Crippen molar-refractivity contribution in [2.75, 3.05) is 14.2 Å². The molecule has 1 N–H and O–H groups in total. The van der Waals surface area contributed by atoms with Crippen molar-refractivity contribution in [3.63, 3.8) is 0 Å². The predicted octanol–water partition coefficient (Wildman–Crippen LogP) is 1.73. The van der Waals surface area contributed by atoms with E-state index in [-0.39, 0.29) is 11.9 Å². The molecule has 118 valence electrons. The van der Waals surface area contributed by atoms with Gasteiger partial charge in [-0.25, -0.2) is 9.67 Å². The number of aromatic nitrogens is 3. The maximum Gasteiger partial charge on any atom is 0.245 e. The van der Waals surface area contributed by atoms with Crippen LogP contribution in [0.2, 0.25) is 0 Å². The van der Waals surface area contributed by atoms with Gasteiger partial charge in [-0.3, -0.25) is 4.79 Å². The lowest BCUT2D eigenvalue weighted by Gasteiger charge is -2.20. The standard InChI is InChI=1S/C15H20N4O3/c1-10(13-7-12(21-3)5-6-14(13)22-4)18-15(20)11(2)19-9-16-8-17-19/h5-11H,1-4H3,(H,18,20)/t10-,11-/m1/s1. The Kier molecular flexibility index (Phi) is 4.98. The summed E-state index contributed by atoms with van der Waals surface area (Å²) in [7, 11) is 3.19. The third-order valence-corrected chi connectivity index (χ3v) is 3.48. The molecule has 0 unspecified atom stereocenters. The molecule has 0 bridgehead atoms. The lowest BCUT2D eigenvalue weighted by molar-refractivity contribution is -0.124. The third kappa shape index (κ3) is 3.36. The van der Waals surface area contributed by atoms with E-state index in [1.165, 1.54) is 17.3 Å². The van der Waals surface area contributed by atoms with Crippen LogP contribution in [0.4, 0.5) is 0 Å². The van der Waals surface area contributed by atoms with E-state index in [9.17, 15) is 4.79 Å². The molecular formula is C15H20N4O3. The van der Waals surface area contributed by atoms with E-state index in [4.69, 9.17) is 9.47 Å². The summed E-state index contributed by atoms with van der Waals surface area (Å²) < 4.78 is 12.1. The second kappa shape index (κ2) is 6.93. The zero-order valence-electron chi connectivity index (χ0n) is 13.1. The maximum atomic E-state index is 12.3. The Balaban J connectivity index is 2.14. The molecule has 7 heteroatoms. The quantitative estimate of drug-likeness (QED) is 0.879. The van der Waals surface area contributed by atoms with Crippen LogP contribution in [-0.4, -0.2) is 34.9 Å². The van der Waals surface area contributed by atoms with Crippen molar-refractivity contribution in [3.05, 3.63) is 36.4 Å². The normalized spacial score (nSPS) is 13.3. The van der Waals surface area contributed by atoms with Gasteiger partial charge in [0.15, 0.2) is 0 Å². The first-order valence-corrected chi connectivity index (χ1v) is 6.93. The Labute approximate surface area is 129 Å². The SMILES string of the molecule is COc1ccc(OC)c([C@@H](C)NC(=O)[C@@H](C)n2cncn2)c1. The maximum absolute atomic E-state index is 12.3. The number of benzene rings is 1. The number of ether oxygens (including phenoxy) is 2. The van der Waals surface area contributed by atoms with Gasteiger partial charge >= 0.3 is 0 Å². The van der Waals surface area contributed by atoms with Crippen LogP contribution in [0.25, 0.3) is 0 Å². The second-order valence-corrected chi connectivity index (χ2v) is 4.89. The van der Waals surface area contributed by atoms with E-state index in [1.807, 2.05) is 25.1 Å². The number of hydrogen-bond donors (Lipinski definition) is 1. The van der Waals surface area contributed by atoms with Crippen LogP contribution >= 0.6 is 0 Å². The number of nitrogens with zero attached hydrogens (tertiary/aromatic N) is 3. The van der Waals surface area contributed by atoms with Gasteiger partial charge in [0.25, 0.3) is 0 Å². The minimum Gasteiger partial charge on any atom is -0.497 e. The number of rotatable bonds is 6. The summed E-state index contributed by atoms with van der Waals surface area (Å²) >= 11 is 0. The predicted molar refractivity (Wildman–Crippen MR) is 80.8 cm³/mol. The molecule has 1 amide bonds. The number of methoxy groups -OCH3 is 2. The second-order valence-electron chi connectivity index (χ2n) is 4.89. The van der Waals surface area contributed by atoms with E-state index >= 15 is 0 Å². The molecule has 0 radical (unpaired) electrons. The first kappa shape index (κ1) is 15.8. The van der Waals surface area contributed by atoms with Gasteiger partial charge in [-0.1, -0.05) is 0 Å². The van der Waals surface area contributed by atoms with Crippen molar-refractivity contribution in [1.82, 2.24) is 20.1 Å². The highest BCUT2D eigenvalue weighted by Crippen LogP contribution is 2.29. The molecule has 7 nitrogen and oxygen atoms in total. The molecular weight excluding hydrogens is 284 g/mol. The summed E-state index contributed by atoms with van der Waals surface area (Å²) in [5.41, 5.74) is 0.848. The largest absolute Gasteiger partial charge is 0.497 e. The molecule has 0 aliphatic heterocycles. The van der Waals surface area contributed by atoms with Gasteiger partial charge in [-0.15, -0.1) is 0 Å². The van der Waals surface area contributed by atoms with Crippen LogP contribution in [0.3, 0.4) is 0 Å². The fourth-order valence-corrected chi connectivity index (χ4v) is 2.13. The molecule has 2 atom stereocenters. The van der Waals surface area contributed by atoms with E-state index in [0.29, 0.717) is 11.5 Å². The van der Waals surface area contributed by atoms with Crippen molar-refractivity contribution in [3.8, 4) is 11.5 Å². The number of carbonyl (C=O) groups excluding carboxylic acids is 1. The van der Waals surface area contributed by atoms with Crippen molar-refractivity contribution < 1.29 is 14.3 Å². The van der Waals surface area contributed by atoms with E-state index in [0.717, 1.165) is 5.56 Å². The lowest BCUT2D eigenvalue weighted by atomic mass is 10.1. The molecule has 0 saturated carbocycles. The number of carbonyl (C=O) groups is 1. The van der Waals surface area contributed by atoms with E-state index in [2.05, 4.69) is 15.4 Å². The van der Waals surface area contributed by atoms with Crippen LogP contribution in [-0.2, 0) is 4.79 Å². The third-order valence-electron chi connectivity index (χ3n) is 3.48. The van der Waals surface area contributed by atoms with Crippen LogP contribution in [0.1, 0.15) is 31.5 Å². The van der Waals surface area contributed by atoms with Gasteiger partial charge < -0.3 is 14.8 Å². The zero-order valence-corrected chi connectivity index (χ0v) is 13.1. The summed E-state index contributed by atoms with van der Waals surface area (Å²) in [5, 5.41) is 6.93. The zero-order chi connectivity index (χ0) is 16.1.